The Hall–Kier alpha value is -3.37. The van der Waals surface area contributed by atoms with Crippen LogP contribution in [0.25, 0.3) is 0 Å². The quantitative estimate of drug-likeness (QED) is 0.0484. The number of rotatable bonds is 17. The van der Waals surface area contributed by atoms with Gasteiger partial charge < -0.3 is 32.4 Å². The second kappa shape index (κ2) is 16.9. The largest absolute Gasteiger partial charge is 0.494 e. The molecule has 0 radical (unpaired) electrons. The molecule has 10 N–H and O–H groups in total. The lowest BCUT2D eigenvalue weighted by molar-refractivity contribution is 0.229. The standard InChI is InChI=1S/C27H49N9O5S/c1-26(2,3)32-14-22(28)17-35(20-24(34-30)15-33-27(4,5)6)18-23(29)19-36(31)16-21-8-10-25(11-9-21)40-12-7-13-41-42(37,38)39/h8-11,14-15,19,32H,7,12-13,16-18,20,28-31H2,1-6H3,(H,37,38,39)/b22-14-,23-19-,33-15?,34-24?. The highest BCUT2D eigenvalue weighted by atomic mass is 32.3. The van der Waals surface area contributed by atoms with Crippen molar-refractivity contribution in [2.24, 2.45) is 33.2 Å². The van der Waals surface area contributed by atoms with E-state index in [9.17, 15) is 8.42 Å². The van der Waals surface area contributed by atoms with Gasteiger partial charge in [0.25, 0.3) is 0 Å². The van der Waals surface area contributed by atoms with E-state index < -0.39 is 10.4 Å². The Bertz CT molecular complexity index is 1190. The maximum Gasteiger partial charge on any atom is 0.397 e. The van der Waals surface area contributed by atoms with Crippen molar-refractivity contribution in [3.8, 4) is 5.75 Å². The number of aliphatic imine (C=N–C) groups is 1. The van der Waals surface area contributed by atoms with Gasteiger partial charge in [-0.2, -0.15) is 13.5 Å². The average molecular weight is 612 g/mol. The number of hydrazone groups is 1. The zero-order valence-corrected chi connectivity index (χ0v) is 26.4. The maximum atomic E-state index is 10.6. The minimum absolute atomic E-state index is 0.136. The van der Waals surface area contributed by atoms with Crippen LogP contribution in [-0.2, 0) is 21.1 Å². The summed E-state index contributed by atoms with van der Waals surface area (Å²) in [4.78, 5) is 6.49. The number of hydrogen-bond acceptors (Lipinski definition) is 13. The molecule has 0 aliphatic carbocycles. The topological polar surface area (TPSA) is 220 Å². The van der Waals surface area contributed by atoms with Crippen LogP contribution in [0.1, 0.15) is 53.5 Å². The number of benzene rings is 1. The molecule has 0 amide bonds. The number of nitrogens with one attached hydrogen (secondary N) is 1. The lowest BCUT2D eigenvalue weighted by Gasteiger charge is -2.25. The molecule has 0 saturated carbocycles. The number of hydrazine groups is 1. The molecule has 238 valence electrons. The first-order valence-corrected chi connectivity index (χ1v) is 14.8. The van der Waals surface area contributed by atoms with Crippen molar-refractivity contribution in [2.45, 2.75) is 65.6 Å². The molecule has 1 rings (SSSR count). The van der Waals surface area contributed by atoms with Crippen LogP contribution in [0.3, 0.4) is 0 Å². The van der Waals surface area contributed by atoms with Crippen LogP contribution in [-0.4, -0.2) is 78.7 Å². The molecule has 0 atom stereocenters. The molecule has 0 spiro atoms. The Morgan fingerprint density at radius 1 is 1.02 bits per heavy atom. The maximum absolute atomic E-state index is 10.6. The van der Waals surface area contributed by atoms with Gasteiger partial charge in [0.1, 0.15) is 5.75 Å². The Balaban J connectivity index is 2.83. The van der Waals surface area contributed by atoms with E-state index in [1.165, 1.54) is 5.01 Å². The molecule has 1 aromatic rings. The predicted octanol–water partition coefficient (Wildman–Crippen LogP) is 1.42. The Morgan fingerprint density at radius 2 is 1.64 bits per heavy atom. The van der Waals surface area contributed by atoms with Crippen molar-refractivity contribution in [1.82, 2.24) is 15.2 Å². The minimum Gasteiger partial charge on any atom is -0.494 e. The van der Waals surface area contributed by atoms with Crippen LogP contribution in [0.2, 0.25) is 0 Å². The SMILES string of the molecule is CC(C)(C)N=CC(CN(C/C(N)=C/NC(C)(C)C)C/C(N)=C/N(N)Cc1ccc(OCCCOS(=O)(=O)O)cc1)=NN. The Morgan fingerprint density at radius 3 is 2.19 bits per heavy atom. The number of nitrogens with two attached hydrogens (primary N) is 4. The summed E-state index contributed by atoms with van der Waals surface area (Å²) >= 11 is 0. The van der Waals surface area contributed by atoms with Crippen molar-refractivity contribution >= 4 is 22.3 Å². The van der Waals surface area contributed by atoms with E-state index >= 15 is 0 Å². The molecule has 0 unspecified atom stereocenters. The molecular formula is C27H49N9O5S. The van der Waals surface area contributed by atoms with Crippen molar-refractivity contribution in [3.05, 3.63) is 53.6 Å². The Kier molecular flexibility index (Phi) is 14.8. The molecule has 1 aromatic carbocycles. The third-order valence-corrected chi connectivity index (χ3v) is 5.53. The number of ether oxygens (including phenoxy) is 1. The van der Waals surface area contributed by atoms with Gasteiger partial charge in [-0.1, -0.05) is 12.1 Å². The zero-order chi connectivity index (χ0) is 32.0. The van der Waals surface area contributed by atoms with E-state index in [4.69, 9.17) is 32.4 Å². The van der Waals surface area contributed by atoms with Crippen LogP contribution in [0.15, 0.2) is 58.2 Å². The number of nitrogens with zero attached hydrogens (tertiary/aromatic N) is 4. The normalized spacial score (nSPS) is 14.1. The fourth-order valence-corrected chi connectivity index (χ4v) is 3.59. The second-order valence-corrected chi connectivity index (χ2v) is 12.9. The highest BCUT2D eigenvalue weighted by Crippen LogP contribution is 2.14. The molecule has 0 aliphatic heterocycles. The molecule has 0 aromatic heterocycles. The monoisotopic (exact) mass is 611 g/mol. The highest BCUT2D eigenvalue weighted by Gasteiger charge is 2.14. The van der Waals surface area contributed by atoms with Gasteiger partial charge in [0.05, 0.1) is 31.0 Å². The predicted molar refractivity (Wildman–Crippen MR) is 168 cm³/mol. The summed E-state index contributed by atoms with van der Waals surface area (Å²) in [5, 5.41) is 8.64. The second-order valence-electron chi connectivity index (χ2n) is 11.8. The summed E-state index contributed by atoms with van der Waals surface area (Å²) in [5.74, 6) is 12.5. The van der Waals surface area contributed by atoms with Crippen LogP contribution >= 0.6 is 0 Å². The number of hydrogen-bond donors (Lipinski definition) is 6. The Labute approximate surface area is 250 Å². The van der Waals surface area contributed by atoms with Crippen molar-refractivity contribution in [3.63, 3.8) is 0 Å². The van der Waals surface area contributed by atoms with Gasteiger partial charge in [-0.05, 0) is 59.2 Å². The first kappa shape index (κ1) is 36.7. The smallest absolute Gasteiger partial charge is 0.397 e. The molecule has 0 heterocycles. The molecule has 14 nitrogen and oxygen atoms in total. The van der Waals surface area contributed by atoms with E-state index in [1.54, 1.807) is 30.7 Å². The summed E-state index contributed by atoms with van der Waals surface area (Å²) in [6.45, 7) is 13.6. The molecule has 0 aliphatic rings. The third-order valence-electron chi connectivity index (χ3n) is 5.07. The third kappa shape index (κ3) is 18.9. The van der Waals surface area contributed by atoms with Gasteiger partial charge >= 0.3 is 10.4 Å². The van der Waals surface area contributed by atoms with Crippen LogP contribution < -0.4 is 33.2 Å². The van der Waals surface area contributed by atoms with Gasteiger partial charge in [-0.25, -0.2) is 10.0 Å². The molecule has 0 saturated heterocycles. The van der Waals surface area contributed by atoms with Gasteiger partial charge in [0.15, 0.2) is 0 Å². The van der Waals surface area contributed by atoms with Crippen LogP contribution in [0.4, 0.5) is 0 Å². The molecular weight excluding hydrogens is 562 g/mol. The summed E-state index contributed by atoms with van der Waals surface area (Å²) in [6, 6.07) is 7.25. The highest BCUT2D eigenvalue weighted by molar-refractivity contribution is 7.80. The van der Waals surface area contributed by atoms with E-state index in [0.29, 0.717) is 49.0 Å². The zero-order valence-electron chi connectivity index (χ0n) is 25.6. The van der Waals surface area contributed by atoms with Crippen LogP contribution in [0.5, 0.6) is 5.75 Å². The molecule has 0 bridgehead atoms. The van der Waals surface area contributed by atoms with Crippen molar-refractivity contribution in [2.75, 3.05) is 32.8 Å². The van der Waals surface area contributed by atoms with Gasteiger partial charge in [0.2, 0.25) is 0 Å². The van der Waals surface area contributed by atoms with Gasteiger partial charge in [-0.3, -0.25) is 14.4 Å². The summed E-state index contributed by atoms with van der Waals surface area (Å²) < 4.78 is 39.5. The fourth-order valence-electron chi connectivity index (χ4n) is 3.27. The summed E-state index contributed by atoms with van der Waals surface area (Å²) in [5.41, 5.74) is 14.9. The first-order chi connectivity index (χ1) is 19.3. The van der Waals surface area contributed by atoms with Crippen molar-refractivity contribution < 1.29 is 21.9 Å². The summed E-state index contributed by atoms with van der Waals surface area (Å²) in [6.07, 6.45) is 5.39. The van der Waals surface area contributed by atoms with E-state index in [1.807, 2.05) is 58.6 Å². The van der Waals surface area contributed by atoms with Crippen LogP contribution in [0, 0.1) is 0 Å². The van der Waals surface area contributed by atoms with E-state index in [0.717, 1.165) is 5.56 Å². The molecule has 42 heavy (non-hydrogen) atoms. The lowest BCUT2D eigenvalue weighted by Crippen LogP contribution is -2.39. The fraction of sp³-hybridized carbons (Fsp3) is 0.556. The van der Waals surface area contributed by atoms with E-state index in [-0.39, 0.29) is 30.7 Å². The molecule has 0 fully saturated rings. The van der Waals surface area contributed by atoms with Gasteiger partial charge in [0, 0.05) is 61.6 Å². The lowest BCUT2D eigenvalue weighted by atomic mass is 10.1. The molecule has 15 heteroatoms. The summed E-state index contributed by atoms with van der Waals surface area (Å²) in [7, 11) is -4.44. The average Bonchev–Trinajstić information content (AvgIpc) is 2.84. The van der Waals surface area contributed by atoms with Crippen molar-refractivity contribution in [1.29, 1.82) is 0 Å². The minimum atomic E-state index is -4.44. The van der Waals surface area contributed by atoms with E-state index in [2.05, 4.69) is 19.6 Å². The first-order valence-electron chi connectivity index (χ1n) is 13.4. The van der Waals surface area contributed by atoms with Gasteiger partial charge in [-0.15, -0.1) is 0 Å².